The second kappa shape index (κ2) is 6.00. The summed E-state index contributed by atoms with van der Waals surface area (Å²) in [6, 6.07) is 1.72. The highest BCUT2D eigenvalue weighted by Crippen LogP contribution is 2.33. The van der Waals surface area contributed by atoms with Gasteiger partial charge in [0.25, 0.3) is 0 Å². The van der Waals surface area contributed by atoms with Crippen LogP contribution in [0.5, 0.6) is 5.88 Å². The minimum Gasteiger partial charge on any atom is -0.470 e. The van der Waals surface area contributed by atoms with E-state index in [0.717, 1.165) is 11.3 Å². The number of rotatable bonds is 6. The van der Waals surface area contributed by atoms with Gasteiger partial charge in [-0.05, 0) is 12.5 Å². The van der Waals surface area contributed by atoms with Crippen LogP contribution < -0.4 is 10.1 Å². The van der Waals surface area contributed by atoms with Crippen molar-refractivity contribution in [3.8, 4) is 5.88 Å². The highest BCUT2D eigenvalue weighted by molar-refractivity contribution is 7.18. The predicted molar refractivity (Wildman–Crippen MR) is 72.8 cm³/mol. The van der Waals surface area contributed by atoms with E-state index < -0.39 is 19.0 Å². The van der Waals surface area contributed by atoms with Gasteiger partial charge in [0.05, 0.1) is 5.39 Å². The highest BCUT2D eigenvalue weighted by Gasteiger charge is 2.42. The number of anilines is 1. The first-order valence-corrected chi connectivity index (χ1v) is 6.96. The molecule has 0 aliphatic heterocycles. The molecule has 4 nitrogen and oxygen atoms in total. The second-order valence-corrected chi connectivity index (χ2v) is 5.35. The molecule has 0 amide bonds. The number of thiophene rings is 1. The molecule has 0 aliphatic carbocycles. The van der Waals surface area contributed by atoms with Gasteiger partial charge in [0.15, 0.2) is 6.61 Å². The molecule has 1 N–H and O–H groups in total. The Balaban J connectivity index is 2.35. The number of alkyl halides is 4. The number of halogens is 4. The van der Waals surface area contributed by atoms with Gasteiger partial charge < -0.3 is 10.1 Å². The molecule has 116 valence electrons. The van der Waals surface area contributed by atoms with Crippen molar-refractivity contribution in [1.82, 2.24) is 9.97 Å². The van der Waals surface area contributed by atoms with E-state index in [1.807, 2.05) is 6.92 Å². The van der Waals surface area contributed by atoms with Gasteiger partial charge in [0.2, 0.25) is 11.8 Å². The standard InChI is InChI=1S/C12H13F4N3OS/c1-3-6-4-7-8(20-5-12(15,16)10(13)14)18-11(17-2)19-9(7)21-6/h4,10H,3,5H2,1-2H3,(H,17,18,19). The van der Waals surface area contributed by atoms with E-state index >= 15 is 0 Å². The van der Waals surface area contributed by atoms with Crippen molar-refractivity contribution in [3.05, 3.63) is 10.9 Å². The monoisotopic (exact) mass is 323 g/mol. The molecule has 9 heteroatoms. The van der Waals surface area contributed by atoms with Crippen LogP contribution in [0.25, 0.3) is 10.2 Å². The van der Waals surface area contributed by atoms with Gasteiger partial charge in [-0.3, -0.25) is 0 Å². The molecule has 0 fully saturated rings. The quantitative estimate of drug-likeness (QED) is 0.826. The third kappa shape index (κ3) is 3.34. The number of aryl methyl sites for hydroxylation is 1. The van der Waals surface area contributed by atoms with Crippen molar-refractivity contribution < 1.29 is 22.3 Å². The van der Waals surface area contributed by atoms with Crippen molar-refractivity contribution in [3.63, 3.8) is 0 Å². The maximum absolute atomic E-state index is 13.0. The highest BCUT2D eigenvalue weighted by atomic mass is 32.1. The molecule has 0 atom stereocenters. The number of hydrogen-bond donors (Lipinski definition) is 1. The van der Waals surface area contributed by atoms with Crippen LogP contribution in [0.1, 0.15) is 11.8 Å². The summed E-state index contributed by atoms with van der Waals surface area (Å²) in [4.78, 5) is 9.62. The molecule has 2 aromatic rings. The van der Waals surface area contributed by atoms with Crippen LogP contribution in [0, 0.1) is 0 Å². The largest absolute Gasteiger partial charge is 0.470 e. The third-order valence-electron chi connectivity index (χ3n) is 2.70. The Morgan fingerprint density at radius 1 is 1.38 bits per heavy atom. The minimum absolute atomic E-state index is 0.124. The van der Waals surface area contributed by atoms with Gasteiger partial charge in [-0.2, -0.15) is 13.8 Å². The van der Waals surface area contributed by atoms with Crippen LogP contribution in [0.15, 0.2) is 6.07 Å². The van der Waals surface area contributed by atoms with Gasteiger partial charge in [-0.25, -0.2) is 13.8 Å². The van der Waals surface area contributed by atoms with Crippen molar-refractivity contribution >= 4 is 27.5 Å². The van der Waals surface area contributed by atoms with E-state index in [1.165, 1.54) is 11.3 Å². The van der Waals surface area contributed by atoms with Gasteiger partial charge in [0, 0.05) is 11.9 Å². The van der Waals surface area contributed by atoms with Crippen LogP contribution >= 0.6 is 11.3 Å². The maximum Gasteiger partial charge on any atom is 0.340 e. The molecule has 0 radical (unpaired) electrons. The molecular weight excluding hydrogens is 310 g/mol. The van der Waals surface area contributed by atoms with E-state index in [9.17, 15) is 17.6 Å². The number of hydrogen-bond acceptors (Lipinski definition) is 5. The fourth-order valence-corrected chi connectivity index (χ4v) is 2.53. The molecule has 21 heavy (non-hydrogen) atoms. The lowest BCUT2D eigenvalue weighted by Crippen LogP contribution is -2.34. The lowest BCUT2D eigenvalue weighted by Gasteiger charge is -2.16. The number of aromatic nitrogens is 2. The van der Waals surface area contributed by atoms with Crippen LogP contribution in [0.4, 0.5) is 23.5 Å². The lowest BCUT2D eigenvalue weighted by atomic mass is 10.3. The summed E-state index contributed by atoms with van der Waals surface area (Å²) in [5, 5.41) is 3.12. The smallest absolute Gasteiger partial charge is 0.340 e. The first-order chi connectivity index (χ1) is 9.87. The Bertz CT molecular complexity index is 632. The van der Waals surface area contributed by atoms with E-state index in [0.29, 0.717) is 10.2 Å². The van der Waals surface area contributed by atoms with Crippen molar-refractivity contribution in [2.45, 2.75) is 25.7 Å². The number of ether oxygens (including phenoxy) is 1. The fourth-order valence-electron chi connectivity index (χ4n) is 1.57. The summed E-state index contributed by atoms with van der Waals surface area (Å²) in [6.45, 7) is 0.500. The summed E-state index contributed by atoms with van der Waals surface area (Å²) in [7, 11) is 1.56. The van der Waals surface area contributed by atoms with E-state index in [-0.39, 0.29) is 11.8 Å². The second-order valence-electron chi connectivity index (χ2n) is 4.24. The predicted octanol–water partition coefficient (Wildman–Crippen LogP) is 3.57. The summed E-state index contributed by atoms with van der Waals surface area (Å²) < 4.78 is 55.1. The van der Waals surface area contributed by atoms with Crippen molar-refractivity contribution in [2.24, 2.45) is 0 Å². The molecular formula is C12H13F4N3OS. The van der Waals surface area contributed by atoms with E-state index in [2.05, 4.69) is 15.3 Å². The molecule has 0 saturated carbocycles. The Hall–Kier alpha value is -1.64. The molecule has 2 aromatic heterocycles. The van der Waals surface area contributed by atoms with Crippen molar-refractivity contribution in [1.29, 1.82) is 0 Å². The third-order valence-corrected chi connectivity index (χ3v) is 3.87. The molecule has 0 aromatic carbocycles. The maximum atomic E-state index is 13.0. The Morgan fingerprint density at radius 3 is 2.67 bits per heavy atom. The summed E-state index contributed by atoms with van der Waals surface area (Å²) in [5.74, 6) is -4.16. The minimum atomic E-state index is -4.22. The van der Waals surface area contributed by atoms with E-state index in [1.54, 1.807) is 13.1 Å². The lowest BCUT2D eigenvalue weighted by molar-refractivity contribution is -0.148. The first kappa shape index (κ1) is 15.7. The fraction of sp³-hybridized carbons (Fsp3) is 0.500. The molecule has 0 bridgehead atoms. The summed E-state index contributed by atoms with van der Waals surface area (Å²) in [5.41, 5.74) is 0. The number of nitrogens with one attached hydrogen (secondary N) is 1. The summed E-state index contributed by atoms with van der Waals surface area (Å²) in [6.07, 6.45) is -3.05. The SMILES string of the molecule is CCc1cc2c(OCC(F)(F)C(F)F)nc(NC)nc2s1. The number of fused-ring (bicyclic) bond motifs is 1. The van der Waals surface area contributed by atoms with Crippen LogP contribution in [-0.4, -0.2) is 36.0 Å². The zero-order chi connectivity index (χ0) is 15.6. The van der Waals surface area contributed by atoms with Crippen LogP contribution in [-0.2, 0) is 6.42 Å². The average Bonchev–Trinajstić information content (AvgIpc) is 2.87. The van der Waals surface area contributed by atoms with Gasteiger partial charge in [0.1, 0.15) is 4.83 Å². The number of nitrogens with zero attached hydrogens (tertiary/aromatic N) is 2. The molecule has 2 heterocycles. The van der Waals surface area contributed by atoms with Gasteiger partial charge >= 0.3 is 12.3 Å². The van der Waals surface area contributed by atoms with Gasteiger partial charge in [-0.1, -0.05) is 6.92 Å². The molecule has 0 aliphatic rings. The molecule has 0 saturated heterocycles. The zero-order valence-electron chi connectivity index (χ0n) is 11.3. The Morgan fingerprint density at radius 2 is 2.10 bits per heavy atom. The first-order valence-electron chi connectivity index (χ1n) is 6.14. The normalized spacial score (nSPS) is 12.1. The van der Waals surface area contributed by atoms with Crippen LogP contribution in [0.3, 0.4) is 0 Å². The van der Waals surface area contributed by atoms with Crippen molar-refractivity contribution in [2.75, 3.05) is 19.0 Å². The Labute approximate surface area is 122 Å². The Kier molecular flexibility index (Phi) is 4.50. The van der Waals surface area contributed by atoms with E-state index in [4.69, 9.17) is 4.74 Å². The topological polar surface area (TPSA) is 47.0 Å². The van der Waals surface area contributed by atoms with Gasteiger partial charge in [-0.15, -0.1) is 11.3 Å². The molecule has 0 unspecified atom stereocenters. The molecule has 0 spiro atoms. The zero-order valence-corrected chi connectivity index (χ0v) is 12.1. The van der Waals surface area contributed by atoms with Crippen LogP contribution in [0.2, 0.25) is 0 Å². The summed E-state index contributed by atoms with van der Waals surface area (Å²) >= 11 is 1.37. The average molecular weight is 323 g/mol. The molecule has 2 rings (SSSR count).